The van der Waals surface area contributed by atoms with E-state index in [9.17, 15) is 22.8 Å². The summed E-state index contributed by atoms with van der Waals surface area (Å²) in [4.78, 5) is 48.3. The van der Waals surface area contributed by atoms with Gasteiger partial charge in [-0.1, -0.05) is 23.5 Å². The first-order chi connectivity index (χ1) is 17.5. The predicted molar refractivity (Wildman–Crippen MR) is 133 cm³/mol. The molecule has 0 aliphatic heterocycles. The Hall–Kier alpha value is -4.15. The second-order valence-electron chi connectivity index (χ2n) is 7.36. The highest BCUT2D eigenvalue weighted by Crippen LogP contribution is 2.26. The third-order valence-corrected chi connectivity index (χ3v) is 6.54. The van der Waals surface area contributed by atoms with Crippen LogP contribution < -0.4 is 21.1 Å². The minimum Gasteiger partial charge on any atom is -0.480 e. The number of thiazole rings is 1. The molecule has 0 aliphatic carbocycles. The molecule has 0 saturated heterocycles. The van der Waals surface area contributed by atoms with Crippen molar-refractivity contribution in [2.24, 2.45) is 5.14 Å². The lowest BCUT2D eigenvalue weighted by atomic mass is 10.2. The van der Waals surface area contributed by atoms with Gasteiger partial charge in [-0.2, -0.15) is 4.98 Å². The lowest BCUT2D eigenvalue weighted by Crippen LogP contribution is -2.30. The molecule has 0 saturated carbocycles. The van der Waals surface area contributed by atoms with E-state index < -0.39 is 34.4 Å². The maximum absolute atomic E-state index is 12.5. The van der Waals surface area contributed by atoms with Gasteiger partial charge in [0, 0.05) is 12.6 Å². The Morgan fingerprint density at radius 1 is 1.14 bits per heavy atom. The number of amides is 1. The molecule has 0 atom stereocenters. The highest BCUT2D eigenvalue weighted by molar-refractivity contribution is 7.89. The number of carboxylic acids is 1. The molecule has 1 aromatic carbocycles. The lowest BCUT2D eigenvalue weighted by molar-refractivity contribution is -0.135. The van der Waals surface area contributed by atoms with Crippen LogP contribution in [0.2, 0.25) is 0 Å². The van der Waals surface area contributed by atoms with E-state index in [1.54, 1.807) is 26.0 Å². The molecule has 37 heavy (non-hydrogen) atoms. The van der Waals surface area contributed by atoms with E-state index in [0.717, 1.165) is 11.3 Å². The van der Waals surface area contributed by atoms with E-state index in [1.165, 1.54) is 18.2 Å². The van der Waals surface area contributed by atoms with Gasteiger partial charge in [-0.3, -0.25) is 14.9 Å². The van der Waals surface area contributed by atoms with Crippen molar-refractivity contribution in [2.45, 2.75) is 25.3 Å². The van der Waals surface area contributed by atoms with Gasteiger partial charge in [-0.15, -0.1) is 0 Å². The Morgan fingerprint density at radius 3 is 2.46 bits per heavy atom. The van der Waals surface area contributed by atoms with Crippen LogP contribution in [-0.4, -0.2) is 59.5 Å². The highest BCUT2D eigenvalue weighted by Gasteiger charge is 2.18. The van der Waals surface area contributed by atoms with E-state index in [2.05, 4.69) is 30.9 Å². The molecule has 0 spiro atoms. The molecule has 3 rings (SSSR count). The number of nitrogens with two attached hydrogens (primary N) is 1. The molecule has 14 nitrogen and oxygen atoms in total. The number of anilines is 3. The van der Waals surface area contributed by atoms with Gasteiger partial charge in [0.2, 0.25) is 16.0 Å². The number of nitrogens with one attached hydrogen (secondary N) is 3. The number of benzene rings is 1. The van der Waals surface area contributed by atoms with Crippen molar-refractivity contribution in [3.05, 3.63) is 52.2 Å². The Bertz CT molecular complexity index is 1420. The van der Waals surface area contributed by atoms with Crippen LogP contribution in [0.5, 0.6) is 0 Å². The van der Waals surface area contributed by atoms with Gasteiger partial charge in [-0.05, 0) is 31.5 Å². The largest absolute Gasteiger partial charge is 0.480 e. The molecule has 1 amide bonds. The zero-order valence-electron chi connectivity index (χ0n) is 19.6. The first-order valence-corrected chi connectivity index (χ1v) is 13.0. The fraction of sp³-hybridized carbons (Fsp3) is 0.238. The number of primary sulfonamides is 1. The van der Waals surface area contributed by atoms with Crippen molar-refractivity contribution in [2.75, 3.05) is 23.8 Å². The standard InChI is InChI=1S/C21H23N7O7S2/c1-3-35-19(32)17-11(2)25-21(36-17)28-20-26-14(18(31)24-10-16(29)30)8-15(27-20)23-9-12-4-6-13(7-5-12)37(22,33)34/h4-8H,3,9-10H2,1-2H3,(H,24,31)(H,29,30)(H2,22,33,34)(H2,23,25,26,27,28). The van der Waals surface area contributed by atoms with Crippen molar-refractivity contribution in [1.82, 2.24) is 20.3 Å². The molecule has 16 heteroatoms. The van der Waals surface area contributed by atoms with Gasteiger partial charge in [0.25, 0.3) is 5.91 Å². The maximum atomic E-state index is 12.5. The summed E-state index contributed by atoms with van der Waals surface area (Å²) in [7, 11) is -3.83. The van der Waals surface area contributed by atoms with Gasteiger partial charge >= 0.3 is 11.9 Å². The summed E-state index contributed by atoms with van der Waals surface area (Å²) in [5.74, 6) is -2.35. The van der Waals surface area contributed by atoms with Gasteiger partial charge in [-0.25, -0.2) is 28.3 Å². The van der Waals surface area contributed by atoms with Crippen molar-refractivity contribution in [3.8, 4) is 0 Å². The summed E-state index contributed by atoms with van der Waals surface area (Å²) in [5, 5.41) is 22.3. The van der Waals surface area contributed by atoms with Crippen molar-refractivity contribution in [1.29, 1.82) is 0 Å². The molecule has 2 heterocycles. The van der Waals surface area contributed by atoms with Gasteiger partial charge in [0.15, 0.2) is 5.13 Å². The summed E-state index contributed by atoms with van der Waals surface area (Å²) >= 11 is 1.02. The fourth-order valence-electron chi connectivity index (χ4n) is 2.88. The van der Waals surface area contributed by atoms with Crippen LogP contribution in [0, 0.1) is 6.92 Å². The normalized spacial score (nSPS) is 11.0. The summed E-state index contributed by atoms with van der Waals surface area (Å²) < 4.78 is 27.9. The Balaban J connectivity index is 1.85. The Kier molecular flexibility index (Phi) is 8.69. The lowest BCUT2D eigenvalue weighted by Gasteiger charge is -2.11. The quantitative estimate of drug-likeness (QED) is 0.213. The molecule has 2 aromatic heterocycles. The summed E-state index contributed by atoms with van der Waals surface area (Å²) in [6, 6.07) is 7.15. The fourth-order valence-corrected chi connectivity index (χ4v) is 4.25. The number of rotatable bonds is 11. The number of aromatic nitrogens is 3. The minimum atomic E-state index is -3.83. The molecule has 0 radical (unpaired) electrons. The summed E-state index contributed by atoms with van der Waals surface area (Å²) in [6.07, 6.45) is 0. The van der Waals surface area contributed by atoms with Crippen LogP contribution in [-0.2, 0) is 26.1 Å². The molecule has 3 aromatic rings. The topological polar surface area (TPSA) is 216 Å². The monoisotopic (exact) mass is 549 g/mol. The van der Waals surface area contributed by atoms with E-state index >= 15 is 0 Å². The maximum Gasteiger partial charge on any atom is 0.350 e. The number of sulfonamides is 1. The number of aliphatic carboxylic acids is 1. The van der Waals surface area contributed by atoms with E-state index in [1.807, 2.05) is 0 Å². The predicted octanol–water partition coefficient (Wildman–Crippen LogP) is 1.24. The number of aryl methyl sites for hydroxylation is 1. The number of ether oxygens (including phenoxy) is 1. The second-order valence-corrected chi connectivity index (χ2v) is 9.92. The van der Waals surface area contributed by atoms with E-state index in [0.29, 0.717) is 16.1 Å². The van der Waals surface area contributed by atoms with Crippen LogP contribution in [0.4, 0.5) is 16.9 Å². The zero-order chi connectivity index (χ0) is 27.2. The van der Waals surface area contributed by atoms with Gasteiger partial charge < -0.3 is 20.5 Å². The van der Waals surface area contributed by atoms with Crippen LogP contribution in [0.25, 0.3) is 0 Å². The Labute approximate surface area is 215 Å². The number of carbonyl (C=O) groups excluding carboxylic acids is 2. The molecule has 0 bridgehead atoms. The zero-order valence-corrected chi connectivity index (χ0v) is 21.3. The minimum absolute atomic E-state index is 0.0388. The van der Waals surface area contributed by atoms with Crippen LogP contribution in [0.15, 0.2) is 35.2 Å². The molecule has 6 N–H and O–H groups in total. The molecule has 0 fully saturated rings. The van der Waals surface area contributed by atoms with Crippen LogP contribution >= 0.6 is 11.3 Å². The van der Waals surface area contributed by atoms with Gasteiger partial charge in [0.1, 0.15) is 22.9 Å². The molecular weight excluding hydrogens is 526 g/mol. The molecular formula is C21H23N7O7S2. The summed E-state index contributed by atoms with van der Waals surface area (Å²) in [5.41, 5.74) is 0.985. The first-order valence-electron chi connectivity index (χ1n) is 10.6. The number of hydrogen-bond donors (Lipinski definition) is 5. The number of carbonyl (C=O) groups is 3. The van der Waals surface area contributed by atoms with Crippen molar-refractivity contribution in [3.63, 3.8) is 0 Å². The molecule has 0 aliphatic rings. The van der Waals surface area contributed by atoms with Crippen LogP contribution in [0.1, 0.15) is 38.3 Å². The van der Waals surface area contributed by atoms with Gasteiger partial charge in [0.05, 0.1) is 17.2 Å². The van der Waals surface area contributed by atoms with Crippen molar-refractivity contribution < 1.29 is 32.6 Å². The number of nitrogens with zero attached hydrogens (tertiary/aromatic N) is 3. The van der Waals surface area contributed by atoms with Crippen LogP contribution in [0.3, 0.4) is 0 Å². The average molecular weight is 550 g/mol. The summed E-state index contributed by atoms with van der Waals surface area (Å²) in [6.45, 7) is 3.11. The third-order valence-electron chi connectivity index (χ3n) is 4.56. The van der Waals surface area contributed by atoms with E-state index in [4.69, 9.17) is 15.0 Å². The second kappa shape index (κ2) is 11.7. The highest BCUT2D eigenvalue weighted by atomic mass is 32.2. The van der Waals surface area contributed by atoms with Crippen molar-refractivity contribution >= 4 is 56.1 Å². The SMILES string of the molecule is CCOC(=O)c1sc(Nc2nc(NCc3ccc(S(N)(=O)=O)cc3)cc(C(=O)NCC(=O)O)n2)nc1C. The van der Waals surface area contributed by atoms with E-state index in [-0.39, 0.29) is 40.6 Å². The number of hydrogen-bond acceptors (Lipinski definition) is 12. The Morgan fingerprint density at radius 2 is 1.84 bits per heavy atom. The molecule has 0 unspecified atom stereocenters. The number of esters is 1. The smallest absolute Gasteiger partial charge is 0.350 e. The third kappa shape index (κ3) is 7.66. The number of carboxylic acid groups (broad SMARTS) is 1. The average Bonchev–Trinajstić information content (AvgIpc) is 3.20. The molecule has 196 valence electrons. The first kappa shape index (κ1) is 27.4.